The summed E-state index contributed by atoms with van der Waals surface area (Å²) in [5.41, 5.74) is 0.553. The van der Waals surface area contributed by atoms with Crippen LogP contribution in [0, 0.1) is 0 Å². The topological polar surface area (TPSA) is 17.1 Å². The molecule has 0 heterocycles. The molecule has 0 N–H and O–H groups in total. The van der Waals surface area contributed by atoms with Gasteiger partial charge in [0.1, 0.15) is 0 Å². The Labute approximate surface area is 102 Å². The average molecular weight is 296 g/mol. The van der Waals surface area contributed by atoms with Crippen LogP contribution in [0.2, 0.25) is 10.0 Å². The van der Waals surface area contributed by atoms with Crippen LogP contribution in [0.5, 0.6) is 0 Å². The van der Waals surface area contributed by atoms with Crippen LogP contribution < -0.4 is 0 Å². The fourth-order valence-corrected chi connectivity index (χ4v) is 1.87. The first-order valence-electron chi connectivity index (χ1n) is 4.19. The van der Waals surface area contributed by atoms with Gasteiger partial charge in [-0.2, -0.15) is 0 Å². The third-order valence-electron chi connectivity index (χ3n) is 1.77. The maximum Gasteiger partial charge on any atom is 0.164 e. The van der Waals surface area contributed by atoms with Crippen molar-refractivity contribution in [2.75, 3.05) is 5.33 Å². The van der Waals surface area contributed by atoms with Crippen LogP contribution in [0.1, 0.15) is 23.2 Å². The summed E-state index contributed by atoms with van der Waals surface area (Å²) >= 11 is 14.9. The van der Waals surface area contributed by atoms with Crippen molar-refractivity contribution in [3.63, 3.8) is 0 Å². The van der Waals surface area contributed by atoms with E-state index in [1.165, 1.54) is 0 Å². The highest BCUT2D eigenvalue weighted by Gasteiger charge is 2.09. The number of benzene rings is 1. The molecule has 0 saturated carbocycles. The highest BCUT2D eigenvalue weighted by Crippen LogP contribution is 2.22. The Kier molecular flexibility index (Phi) is 4.93. The molecule has 0 bridgehead atoms. The van der Waals surface area contributed by atoms with Crippen LogP contribution in [0.25, 0.3) is 0 Å². The lowest BCUT2D eigenvalue weighted by molar-refractivity contribution is 0.0982. The van der Waals surface area contributed by atoms with Crippen molar-refractivity contribution in [3.05, 3.63) is 33.8 Å². The molecule has 1 rings (SSSR count). The largest absolute Gasteiger partial charge is 0.294 e. The Hall–Kier alpha value is -0.0500. The number of hydrogen-bond acceptors (Lipinski definition) is 1. The Bertz CT molecular complexity index is 339. The lowest BCUT2D eigenvalue weighted by atomic mass is 10.1. The second kappa shape index (κ2) is 5.74. The van der Waals surface area contributed by atoms with Crippen molar-refractivity contribution in [1.82, 2.24) is 0 Å². The Morgan fingerprint density at radius 1 is 1.36 bits per heavy atom. The number of hydrogen-bond donors (Lipinski definition) is 0. The fraction of sp³-hybridized carbons (Fsp3) is 0.300. The smallest absolute Gasteiger partial charge is 0.164 e. The number of Topliss-reactive ketones (excluding diaryl/α,β-unsaturated/α-hetero) is 1. The minimum atomic E-state index is 0.0612. The molecule has 0 aliphatic rings. The van der Waals surface area contributed by atoms with E-state index in [-0.39, 0.29) is 5.78 Å². The van der Waals surface area contributed by atoms with Crippen molar-refractivity contribution >= 4 is 44.9 Å². The Morgan fingerprint density at radius 3 is 2.64 bits per heavy atom. The normalized spacial score (nSPS) is 10.2. The first-order valence-corrected chi connectivity index (χ1v) is 6.07. The van der Waals surface area contributed by atoms with Crippen LogP contribution in [0.4, 0.5) is 0 Å². The van der Waals surface area contributed by atoms with E-state index >= 15 is 0 Å². The molecule has 1 aromatic rings. The van der Waals surface area contributed by atoms with Crippen molar-refractivity contribution in [1.29, 1.82) is 0 Å². The lowest BCUT2D eigenvalue weighted by Crippen LogP contribution is -2.00. The Morgan fingerprint density at radius 2 is 2.07 bits per heavy atom. The van der Waals surface area contributed by atoms with Crippen LogP contribution in [-0.2, 0) is 0 Å². The van der Waals surface area contributed by atoms with Crippen LogP contribution in [-0.4, -0.2) is 11.1 Å². The number of rotatable bonds is 4. The standard InChI is InChI=1S/C10H9BrCl2O/c11-5-1-2-10(14)8-4-3-7(12)6-9(8)13/h3-4,6H,1-2,5H2. The van der Waals surface area contributed by atoms with E-state index in [4.69, 9.17) is 23.2 Å². The summed E-state index contributed by atoms with van der Waals surface area (Å²) in [7, 11) is 0. The van der Waals surface area contributed by atoms with E-state index in [9.17, 15) is 4.79 Å². The SMILES string of the molecule is O=C(CCCBr)c1ccc(Cl)cc1Cl. The van der Waals surface area contributed by atoms with Crippen molar-refractivity contribution in [2.45, 2.75) is 12.8 Å². The van der Waals surface area contributed by atoms with E-state index in [0.717, 1.165) is 11.8 Å². The Balaban J connectivity index is 2.80. The molecule has 14 heavy (non-hydrogen) atoms. The summed E-state index contributed by atoms with van der Waals surface area (Å²) in [4.78, 5) is 11.6. The quantitative estimate of drug-likeness (QED) is 0.596. The molecule has 0 fully saturated rings. The van der Waals surface area contributed by atoms with E-state index in [1.807, 2.05) is 0 Å². The van der Waals surface area contributed by atoms with Gasteiger partial charge in [0, 0.05) is 22.3 Å². The van der Waals surface area contributed by atoms with E-state index < -0.39 is 0 Å². The van der Waals surface area contributed by atoms with Gasteiger partial charge < -0.3 is 0 Å². The first-order chi connectivity index (χ1) is 6.65. The highest BCUT2D eigenvalue weighted by atomic mass is 79.9. The summed E-state index contributed by atoms with van der Waals surface area (Å²) in [5.74, 6) is 0.0612. The van der Waals surface area contributed by atoms with Gasteiger partial charge in [-0.25, -0.2) is 0 Å². The minimum Gasteiger partial charge on any atom is -0.294 e. The van der Waals surface area contributed by atoms with Gasteiger partial charge in [-0.05, 0) is 24.6 Å². The van der Waals surface area contributed by atoms with Gasteiger partial charge in [0.05, 0.1) is 5.02 Å². The summed E-state index contributed by atoms with van der Waals surface area (Å²) < 4.78 is 0. The molecule has 0 aliphatic carbocycles. The predicted octanol–water partition coefficient (Wildman–Crippen LogP) is 4.35. The number of alkyl halides is 1. The molecule has 0 aliphatic heterocycles. The van der Waals surface area contributed by atoms with Gasteiger partial charge in [-0.15, -0.1) is 0 Å². The molecular formula is C10H9BrCl2O. The molecule has 1 aromatic carbocycles. The highest BCUT2D eigenvalue weighted by molar-refractivity contribution is 9.09. The minimum absolute atomic E-state index is 0.0612. The predicted molar refractivity (Wildman–Crippen MR) is 63.8 cm³/mol. The molecule has 0 saturated heterocycles. The van der Waals surface area contributed by atoms with E-state index in [0.29, 0.717) is 22.0 Å². The second-order valence-corrected chi connectivity index (χ2v) is 4.48. The van der Waals surface area contributed by atoms with Gasteiger partial charge >= 0.3 is 0 Å². The van der Waals surface area contributed by atoms with Gasteiger partial charge in [0.25, 0.3) is 0 Å². The lowest BCUT2D eigenvalue weighted by Gasteiger charge is -2.02. The molecule has 0 amide bonds. The zero-order valence-corrected chi connectivity index (χ0v) is 10.5. The maximum absolute atomic E-state index is 11.6. The molecule has 0 aromatic heterocycles. The van der Waals surface area contributed by atoms with Crippen molar-refractivity contribution < 1.29 is 4.79 Å². The summed E-state index contributed by atoms with van der Waals surface area (Å²) in [6.45, 7) is 0. The molecule has 0 radical (unpaired) electrons. The zero-order valence-electron chi connectivity index (χ0n) is 7.40. The van der Waals surface area contributed by atoms with Gasteiger partial charge in [-0.1, -0.05) is 39.1 Å². The van der Waals surface area contributed by atoms with Crippen LogP contribution in [0.15, 0.2) is 18.2 Å². The molecule has 4 heteroatoms. The number of ketones is 1. The van der Waals surface area contributed by atoms with Crippen LogP contribution in [0.3, 0.4) is 0 Å². The average Bonchev–Trinajstić information content (AvgIpc) is 2.14. The third kappa shape index (κ3) is 3.26. The molecule has 0 unspecified atom stereocenters. The molecule has 1 nitrogen and oxygen atoms in total. The number of carbonyl (C=O) groups excluding carboxylic acids is 1. The van der Waals surface area contributed by atoms with E-state index in [1.54, 1.807) is 18.2 Å². The second-order valence-electron chi connectivity index (χ2n) is 2.84. The zero-order chi connectivity index (χ0) is 10.6. The van der Waals surface area contributed by atoms with Crippen molar-refractivity contribution in [2.24, 2.45) is 0 Å². The van der Waals surface area contributed by atoms with Gasteiger partial charge in [0.15, 0.2) is 5.78 Å². The monoisotopic (exact) mass is 294 g/mol. The van der Waals surface area contributed by atoms with Gasteiger partial charge in [-0.3, -0.25) is 4.79 Å². The molecule has 0 spiro atoms. The fourth-order valence-electron chi connectivity index (χ4n) is 1.08. The van der Waals surface area contributed by atoms with E-state index in [2.05, 4.69) is 15.9 Å². The summed E-state index contributed by atoms with van der Waals surface area (Å²) in [6, 6.07) is 4.93. The number of carbonyl (C=O) groups is 1. The summed E-state index contributed by atoms with van der Waals surface area (Å²) in [5, 5.41) is 1.80. The molecular weight excluding hydrogens is 287 g/mol. The van der Waals surface area contributed by atoms with Gasteiger partial charge in [0.2, 0.25) is 0 Å². The summed E-state index contributed by atoms with van der Waals surface area (Å²) in [6.07, 6.45) is 1.32. The van der Waals surface area contributed by atoms with Crippen molar-refractivity contribution in [3.8, 4) is 0 Å². The maximum atomic E-state index is 11.6. The first kappa shape index (κ1) is 12.0. The molecule has 76 valence electrons. The third-order valence-corrected chi connectivity index (χ3v) is 2.88. The number of halogens is 3. The molecule has 0 atom stereocenters. The van der Waals surface area contributed by atoms with Crippen LogP contribution >= 0.6 is 39.1 Å².